The van der Waals surface area contributed by atoms with Gasteiger partial charge in [-0.1, -0.05) is 12.1 Å². The zero-order valence-electron chi connectivity index (χ0n) is 17.7. The summed E-state index contributed by atoms with van der Waals surface area (Å²) in [6.07, 6.45) is -4.39. The summed E-state index contributed by atoms with van der Waals surface area (Å²) >= 11 is 0. The van der Waals surface area contributed by atoms with E-state index in [2.05, 4.69) is 16.0 Å². The molecule has 178 valence electrons. The molecule has 1 aromatic rings. The Balaban J connectivity index is 1.48. The van der Waals surface area contributed by atoms with Gasteiger partial charge >= 0.3 is 6.18 Å². The van der Waals surface area contributed by atoms with Crippen LogP contribution < -0.4 is 16.0 Å². The van der Waals surface area contributed by atoms with Gasteiger partial charge in [0.1, 0.15) is 12.1 Å². The molecule has 0 saturated carbocycles. The fourth-order valence-corrected chi connectivity index (χ4v) is 4.52. The molecule has 2 atom stereocenters. The molecule has 4 rings (SSSR count). The molecule has 0 radical (unpaired) electrons. The van der Waals surface area contributed by atoms with Gasteiger partial charge in [0.15, 0.2) is 0 Å². The quantitative estimate of drug-likeness (QED) is 0.506. The van der Waals surface area contributed by atoms with Crippen molar-refractivity contribution in [3.63, 3.8) is 0 Å². The molecule has 3 aliphatic rings. The summed E-state index contributed by atoms with van der Waals surface area (Å²) in [5.74, 6) is -2.53. The number of alkyl halides is 3. The second-order valence-electron chi connectivity index (χ2n) is 8.26. The van der Waals surface area contributed by atoms with E-state index in [1.807, 2.05) is 0 Å². The first-order valence-corrected chi connectivity index (χ1v) is 10.7. The van der Waals surface area contributed by atoms with Crippen LogP contribution in [0.25, 0.3) is 0 Å². The van der Waals surface area contributed by atoms with Crippen molar-refractivity contribution < 1.29 is 32.3 Å². The van der Waals surface area contributed by atoms with Gasteiger partial charge in [-0.05, 0) is 18.1 Å². The number of nitrogens with zero attached hydrogens (tertiary/aromatic N) is 2. The van der Waals surface area contributed by atoms with Gasteiger partial charge < -0.3 is 10.6 Å². The zero-order chi connectivity index (χ0) is 23.8. The van der Waals surface area contributed by atoms with Crippen molar-refractivity contribution in [2.75, 3.05) is 32.7 Å². The zero-order valence-corrected chi connectivity index (χ0v) is 17.7. The molecule has 0 bridgehead atoms. The van der Waals surface area contributed by atoms with Gasteiger partial charge in [-0.2, -0.15) is 13.2 Å². The van der Waals surface area contributed by atoms with Crippen molar-refractivity contribution in [2.24, 2.45) is 0 Å². The lowest BCUT2D eigenvalue weighted by Crippen LogP contribution is -2.57. The van der Waals surface area contributed by atoms with E-state index in [9.17, 15) is 32.3 Å². The molecule has 33 heavy (non-hydrogen) atoms. The van der Waals surface area contributed by atoms with Crippen molar-refractivity contribution in [1.29, 1.82) is 0 Å². The van der Waals surface area contributed by atoms with Crippen LogP contribution >= 0.6 is 0 Å². The van der Waals surface area contributed by atoms with E-state index in [0.29, 0.717) is 18.7 Å². The summed E-state index contributed by atoms with van der Waals surface area (Å²) < 4.78 is 40.8. The number of piperidine rings is 1. The average Bonchev–Trinajstić information content (AvgIpc) is 3.02. The van der Waals surface area contributed by atoms with Crippen LogP contribution in [0.3, 0.4) is 0 Å². The molecule has 2 unspecified atom stereocenters. The lowest BCUT2D eigenvalue weighted by Gasteiger charge is -2.36. The highest BCUT2D eigenvalue weighted by Gasteiger charge is 2.46. The highest BCUT2D eigenvalue weighted by Crippen LogP contribution is 2.30. The maximum absolute atomic E-state index is 13.6. The van der Waals surface area contributed by atoms with Crippen LogP contribution in [0.4, 0.5) is 13.2 Å². The number of benzene rings is 1. The van der Waals surface area contributed by atoms with E-state index in [-0.39, 0.29) is 50.1 Å². The third kappa shape index (κ3) is 4.63. The highest BCUT2D eigenvalue weighted by molar-refractivity contribution is 6.24. The van der Waals surface area contributed by atoms with Crippen LogP contribution in [0.1, 0.15) is 39.1 Å². The molecule has 9 nitrogen and oxygen atoms in total. The lowest BCUT2D eigenvalue weighted by atomic mass is 10.0. The lowest BCUT2D eigenvalue weighted by molar-refractivity contribution is -0.183. The number of carbonyl (C=O) groups is 4. The Morgan fingerprint density at radius 3 is 2.48 bits per heavy atom. The van der Waals surface area contributed by atoms with Crippen molar-refractivity contribution in [1.82, 2.24) is 25.8 Å². The Morgan fingerprint density at radius 2 is 1.82 bits per heavy atom. The number of nitrogens with one attached hydrogen (secondary N) is 3. The monoisotopic (exact) mass is 467 g/mol. The third-order valence-corrected chi connectivity index (χ3v) is 6.18. The summed E-state index contributed by atoms with van der Waals surface area (Å²) in [6.45, 7) is 1.09. The highest BCUT2D eigenvalue weighted by atomic mass is 19.4. The predicted molar refractivity (Wildman–Crippen MR) is 109 cm³/mol. The molecule has 3 heterocycles. The number of fused-ring (bicyclic) bond motifs is 1. The maximum Gasteiger partial charge on any atom is 0.405 e. The normalized spacial score (nSPS) is 23.0. The van der Waals surface area contributed by atoms with E-state index in [4.69, 9.17) is 0 Å². The first-order chi connectivity index (χ1) is 15.7. The Morgan fingerprint density at radius 1 is 1.09 bits per heavy atom. The maximum atomic E-state index is 13.6. The summed E-state index contributed by atoms with van der Waals surface area (Å²) in [5, 5.41) is 7.95. The van der Waals surface area contributed by atoms with Crippen LogP contribution in [0.5, 0.6) is 0 Å². The van der Waals surface area contributed by atoms with Crippen molar-refractivity contribution in [3.8, 4) is 0 Å². The second-order valence-corrected chi connectivity index (χ2v) is 8.26. The van der Waals surface area contributed by atoms with Crippen LogP contribution in [-0.4, -0.2) is 84.4 Å². The number of piperazine rings is 1. The van der Waals surface area contributed by atoms with Gasteiger partial charge in [-0.3, -0.25) is 34.3 Å². The first kappa shape index (κ1) is 23.3. The van der Waals surface area contributed by atoms with Crippen molar-refractivity contribution >= 4 is 23.6 Å². The van der Waals surface area contributed by atoms with Crippen molar-refractivity contribution in [2.45, 2.75) is 37.6 Å². The molecule has 2 fully saturated rings. The number of halogens is 3. The number of rotatable bonds is 6. The van der Waals surface area contributed by atoms with E-state index in [1.54, 1.807) is 12.1 Å². The fourth-order valence-electron chi connectivity index (χ4n) is 4.52. The van der Waals surface area contributed by atoms with Crippen LogP contribution in [-0.2, 0) is 16.1 Å². The predicted octanol–water partition coefficient (Wildman–Crippen LogP) is 0.0135. The standard InChI is InChI=1S/C21H24F3N5O4/c22-21(23,24)15(28-8-6-25-7-9-28)11-26-10-12-2-1-3-13-17(12)20(33)29(19(13)32)14-4-5-16(30)27-18(14)31/h1-3,14-15,25-26H,4-11H2,(H,27,30,31). The van der Waals surface area contributed by atoms with E-state index in [0.717, 1.165) is 4.90 Å². The number of carbonyl (C=O) groups excluding carboxylic acids is 4. The van der Waals surface area contributed by atoms with Crippen LogP contribution in [0.15, 0.2) is 18.2 Å². The molecule has 4 amide bonds. The molecule has 2 saturated heterocycles. The van der Waals surface area contributed by atoms with Gasteiger partial charge in [-0.25, -0.2) is 0 Å². The molecule has 3 N–H and O–H groups in total. The first-order valence-electron chi connectivity index (χ1n) is 10.7. The minimum Gasteiger partial charge on any atom is -0.314 e. The number of amides is 4. The molecular weight excluding hydrogens is 443 g/mol. The van der Waals surface area contributed by atoms with Gasteiger partial charge in [0.2, 0.25) is 11.8 Å². The largest absolute Gasteiger partial charge is 0.405 e. The van der Waals surface area contributed by atoms with Crippen LogP contribution in [0, 0.1) is 0 Å². The van der Waals surface area contributed by atoms with E-state index < -0.39 is 41.9 Å². The molecular formula is C21H24F3N5O4. The fraction of sp³-hybridized carbons (Fsp3) is 0.524. The molecule has 1 aromatic carbocycles. The molecule has 12 heteroatoms. The Hall–Kier alpha value is -2.83. The SMILES string of the molecule is O=C1CCC(N2C(=O)c3cccc(CNCC(N4CCNCC4)C(F)(F)F)c3C2=O)C(=O)N1. The van der Waals surface area contributed by atoms with Gasteiger partial charge in [0.05, 0.1) is 11.1 Å². The topological polar surface area (TPSA) is 111 Å². The van der Waals surface area contributed by atoms with Gasteiger partial charge in [-0.15, -0.1) is 0 Å². The number of hydrogen-bond donors (Lipinski definition) is 3. The molecule has 0 aliphatic carbocycles. The second kappa shape index (κ2) is 9.20. The van der Waals surface area contributed by atoms with E-state index in [1.165, 1.54) is 11.0 Å². The molecule has 0 aromatic heterocycles. The Kier molecular flexibility index (Phi) is 6.50. The Bertz CT molecular complexity index is 977. The smallest absolute Gasteiger partial charge is 0.314 e. The Labute approximate surface area is 187 Å². The number of imide groups is 2. The minimum atomic E-state index is -4.42. The summed E-state index contributed by atoms with van der Waals surface area (Å²) in [5.41, 5.74) is 0.547. The van der Waals surface area contributed by atoms with Gasteiger partial charge in [0.25, 0.3) is 11.8 Å². The molecule has 0 spiro atoms. The van der Waals surface area contributed by atoms with Crippen molar-refractivity contribution in [3.05, 3.63) is 34.9 Å². The van der Waals surface area contributed by atoms with E-state index >= 15 is 0 Å². The number of hydrogen-bond acceptors (Lipinski definition) is 7. The summed E-state index contributed by atoms with van der Waals surface area (Å²) in [7, 11) is 0. The average molecular weight is 467 g/mol. The minimum absolute atomic E-state index is 0.00305. The van der Waals surface area contributed by atoms with Crippen LogP contribution in [0.2, 0.25) is 0 Å². The molecule has 3 aliphatic heterocycles. The third-order valence-electron chi connectivity index (χ3n) is 6.18. The summed E-state index contributed by atoms with van der Waals surface area (Å²) in [6, 6.07) is 1.79. The van der Waals surface area contributed by atoms with Gasteiger partial charge in [0, 0.05) is 45.7 Å². The summed E-state index contributed by atoms with van der Waals surface area (Å²) in [4.78, 5) is 51.8.